The van der Waals surface area contributed by atoms with Crippen LogP contribution in [0.4, 0.5) is 0 Å². The van der Waals surface area contributed by atoms with Crippen molar-refractivity contribution in [3.63, 3.8) is 0 Å². The van der Waals surface area contributed by atoms with Crippen molar-refractivity contribution in [1.29, 1.82) is 5.26 Å². The Hall–Kier alpha value is -1.53. The van der Waals surface area contributed by atoms with E-state index >= 15 is 0 Å². The van der Waals surface area contributed by atoms with Crippen LogP contribution in [0.25, 0.3) is 0 Å². The van der Waals surface area contributed by atoms with Crippen molar-refractivity contribution in [2.45, 2.75) is 51.1 Å². The van der Waals surface area contributed by atoms with Crippen LogP contribution in [0.2, 0.25) is 0 Å². The molecule has 0 heterocycles. The molecule has 2 unspecified atom stereocenters. The van der Waals surface area contributed by atoms with Crippen molar-refractivity contribution in [3.05, 3.63) is 29.8 Å². The minimum absolute atomic E-state index is 0.144. The van der Waals surface area contributed by atoms with Crippen molar-refractivity contribution in [2.24, 2.45) is 5.92 Å². The van der Waals surface area contributed by atoms with Gasteiger partial charge in [0.15, 0.2) is 0 Å². The van der Waals surface area contributed by atoms with Gasteiger partial charge >= 0.3 is 0 Å². The van der Waals surface area contributed by atoms with E-state index in [0.29, 0.717) is 6.04 Å². The normalized spacial score (nSPS) is 24.4. The second-order valence-electron chi connectivity index (χ2n) is 5.65. The summed E-state index contributed by atoms with van der Waals surface area (Å²) in [7, 11) is 1.69. The molecule has 0 aliphatic heterocycles. The van der Waals surface area contributed by atoms with E-state index in [1.807, 2.05) is 12.1 Å². The Balaban J connectivity index is 2.05. The average Bonchev–Trinajstić information content (AvgIpc) is 2.72. The molecule has 0 spiro atoms. The van der Waals surface area contributed by atoms with Crippen LogP contribution in [-0.4, -0.2) is 13.2 Å². The van der Waals surface area contributed by atoms with E-state index in [9.17, 15) is 5.26 Å². The molecule has 2 rings (SSSR count). The maximum Gasteiger partial charge on any atom is 0.119 e. The fourth-order valence-corrected chi connectivity index (χ4v) is 2.99. The number of rotatable bonds is 4. The van der Waals surface area contributed by atoms with E-state index in [4.69, 9.17) is 4.74 Å². The minimum Gasteiger partial charge on any atom is -0.497 e. The summed E-state index contributed by atoms with van der Waals surface area (Å²) in [5, 5.41) is 13.0. The molecule has 1 N–H and O–H groups in total. The summed E-state index contributed by atoms with van der Waals surface area (Å²) in [6.07, 6.45) is 5.79. The summed E-state index contributed by atoms with van der Waals surface area (Å²) in [5.74, 6) is 1.03. The van der Waals surface area contributed by atoms with Gasteiger partial charge in [0.1, 0.15) is 5.75 Å². The van der Waals surface area contributed by atoms with Gasteiger partial charge in [-0.15, -0.1) is 0 Å². The van der Waals surface area contributed by atoms with Gasteiger partial charge in [0, 0.05) is 12.1 Å². The molecule has 1 fully saturated rings. The molecular formula is C17H24N2O. The zero-order chi connectivity index (χ0) is 14.4. The molecule has 1 aliphatic carbocycles. The predicted octanol–water partition coefficient (Wildman–Crippen LogP) is 3.82. The number of hydrogen-bond acceptors (Lipinski definition) is 3. The first kappa shape index (κ1) is 14.9. The standard InChI is InChI=1S/C17H24N2O/c1-13(14-8-6-9-16(11-14)20-2)19-17-10-5-3-4-7-15(17)12-18/h6,8-9,11,13,15,17,19H,3-5,7,10H2,1-2H3/t13-,15?,17?/m1/s1. The van der Waals surface area contributed by atoms with Crippen LogP contribution in [0.3, 0.4) is 0 Å². The lowest BCUT2D eigenvalue weighted by molar-refractivity contribution is 0.360. The first-order chi connectivity index (χ1) is 9.74. The van der Waals surface area contributed by atoms with Gasteiger partial charge in [-0.1, -0.05) is 31.4 Å². The summed E-state index contributed by atoms with van der Waals surface area (Å²) >= 11 is 0. The maximum absolute atomic E-state index is 9.34. The van der Waals surface area contributed by atoms with E-state index in [1.54, 1.807) is 7.11 Å². The predicted molar refractivity (Wildman–Crippen MR) is 80.5 cm³/mol. The molecule has 0 bridgehead atoms. The lowest BCUT2D eigenvalue weighted by Crippen LogP contribution is -2.36. The highest BCUT2D eigenvalue weighted by Gasteiger charge is 2.24. The van der Waals surface area contributed by atoms with Gasteiger partial charge in [-0.3, -0.25) is 0 Å². The maximum atomic E-state index is 9.34. The van der Waals surface area contributed by atoms with Crippen molar-refractivity contribution in [3.8, 4) is 11.8 Å². The third-order valence-corrected chi connectivity index (χ3v) is 4.24. The Labute approximate surface area is 121 Å². The highest BCUT2D eigenvalue weighted by atomic mass is 16.5. The average molecular weight is 272 g/mol. The molecule has 3 nitrogen and oxygen atoms in total. The number of nitrogens with one attached hydrogen (secondary N) is 1. The fraction of sp³-hybridized carbons (Fsp3) is 0.588. The molecule has 1 aromatic carbocycles. The molecule has 1 aliphatic rings. The summed E-state index contributed by atoms with van der Waals surface area (Å²) in [5.41, 5.74) is 1.21. The van der Waals surface area contributed by atoms with E-state index in [-0.39, 0.29) is 12.0 Å². The number of nitriles is 1. The number of benzene rings is 1. The number of ether oxygens (including phenoxy) is 1. The van der Waals surface area contributed by atoms with Crippen LogP contribution in [0.5, 0.6) is 5.75 Å². The van der Waals surface area contributed by atoms with Crippen molar-refractivity contribution < 1.29 is 4.74 Å². The Morgan fingerprint density at radius 2 is 2.10 bits per heavy atom. The van der Waals surface area contributed by atoms with E-state index in [2.05, 4.69) is 30.4 Å². The van der Waals surface area contributed by atoms with Gasteiger partial charge in [0.25, 0.3) is 0 Å². The van der Waals surface area contributed by atoms with Gasteiger partial charge in [-0.2, -0.15) is 5.26 Å². The van der Waals surface area contributed by atoms with Crippen LogP contribution in [0.1, 0.15) is 50.6 Å². The van der Waals surface area contributed by atoms with E-state index in [1.165, 1.54) is 24.8 Å². The monoisotopic (exact) mass is 272 g/mol. The van der Waals surface area contributed by atoms with Gasteiger partial charge in [-0.05, 0) is 37.5 Å². The molecule has 20 heavy (non-hydrogen) atoms. The lowest BCUT2D eigenvalue weighted by Gasteiger charge is -2.25. The zero-order valence-corrected chi connectivity index (χ0v) is 12.4. The molecule has 0 saturated heterocycles. The number of hydrogen-bond donors (Lipinski definition) is 1. The first-order valence-corrected chi connectivity index (χ1v) is 7.54. The van der Waals surface area contributed by atoms with Gasteiger partial charge < -0.3 is 10.1 Å². The topological polar surface area (TPSA) is 45.0 Å². The first-order valence-electron chi connectivity index (χ1n) is 7.54. The summed E-state index contributed by atoms with van der Waals surface area (Å²) < 4.78 is 5.28. The van der Waals surface area contributed by atoms with Crippen LogP contribution < -0.4 is 10.1 Å². The molecule has 0 amide bonds. The van der Waals surface area contributed by atoms with Crippen molar-refractivity contribution >= 4 is 0 Å². The zero-order valence-electron chi connectivity index (χ0n) is 12.4. The molecule has 1 saturated carbocycles. The Bertz CT molecular complexity index is 466. The number of methoxy groups -OCH3 is 1. The second-order valence-corrected chi connectivity index (χ2v) is 5.65. The Morgan fingerprint density at radius 1 is 1.30 bits per heavy atom. The number of nitrogens with zero attached hydrogens (tertiary/aromatic N) is 1. The smallest absolute Gasteiger partial charge is 0.119 e. The van der Waals surface area contributed by atoms with E-state index in [0.717, 1.165) is 18.6 Å². The third-order valence-electron chi connectivity index (χ3n) is 4.24. The van der Waals surface area contributed by atoms with Crippen LogP contribution in [0.15, 0.2) is 24.3 Å². The van der Waals surface area contributed by atoms with Crippen molar-refractivity contribution in [1.82, 2.24) is 5.32 Å². The highest BCUT2D eigenvalue weighted by molar-refractivity contribution is 5.30. The fourth-order valence-electron chi connectivity index (χ4n) is 2.99. The van der Waals surface area contributed by atoms with Gasteiger partial charge in [0.2, 0.25) is 0 Å². The summed E-state index contributed by atoms with van der Waals surface area (Å²) in [6.45, 7) is 2.16. The third kappa shape index (κ3) is 3.74. The van der Waals surface area contributed by atoms with Crippen LogP contribution in [-0.2, 0) is 0 Å². The van der Waals surface area contributed by atoms with Gasteiger partial charge in [-0.25, -0.2) is 0 Å². The quantitative estimate of drug-likeness (QED) is 0.847. The molecule has 0 aromatic heterocycles. The SMILES string of the molecule is COc1cccc([C@@H](C)NC2CCCCCC2C#N)c1. The molecule has 3 heteroatoms. The van der Waals surface area contributed by atoms with Crippen molar-refractivity contribution in [2.75, 3.05) is 7.11 Å². The highest BCUT2D eigenvalue weighted by Crippen LogP contribution is 2.26. The Morgan fingerprint density at radius 3 is 2.85 bits per heavy atom. The molecule has 108 valence electrons. The van der Waals surface area contributed by atoms with Crippen LogP contribution in [0, 0.1) is 17.2 Å². The largest absolute Gasteiger partial charge is 0.497 e. The molecule has 1 aromatic rings. The second kappa shape index (κ2) is 7.31. The van der Waals surface area contributed by atoms with E-state index < -0.39 is 0 Å². The summed E-state index contributed by atoms with van der Waals surface area (Å²) in [6, 6.07) is 11.2. The summed E-state index contributed by atoms with van der Waals surface area (Å²) in [4.78, 5) is 0. The lowest BCUT2D eigenvalue weighted by atomic mass is 9.94. The molecular weight excluding hydrogens is 248 g/mol. The molecule has 3 atom stereocenters. The molecule has 0 radical (unpaired) electrons. The van der Waals surface area contributed by atoms with Gasteiger partial charge in [0.05, 0.1) is 19.1 Å². The minimum atomic E-state index is 0.144. The van der Waals surface area contributed by atoms with Crippen LogP contribution >= 0.6 is 0 Å². The Kier molecular flexibility index (Phi) is 5.43.